The van der Waals surface area contributed by atoms with Gasteiger partial charge in [-0.1, -0.05) is 18.1 Å². The predicted molar refractivity (Wildman–Crippen MR) is 46.7 cm³/mol. The zero-order valence-corrected chi connectivity index (χ0v) is 6.89. The standard InChI is InChI=1S/C10H10FN/c1-2-7-12-8-9-3-5-10(11)6-4-9/h3-6,12H,8H2,1H3. The van der Waals surface area contributed by atoms with Crippen LogP contribution in [0.4, 0.5) is 4.39 Å². The van der Waals surface area contributed by atoms with Gasteiger partial charge in [-0.05, 0) is 24.6 Å². The molecule has 0 aliphatic heterocycles. The molecule has 0 bridgehead atoms. The molecular formula is C10H10FN. The Kier molecular flexibility index (Phi) is 3.16. The Hall–Kier alpha value is -1.49. The molecule has 0 radical (unpaired) electrons. The van der Waals surface area contributed by atoms with E-state index in [1.54, 1.807) is 19.1 Å². The lowest BCUT2D eigenvalue weighted by Gasteiger charge is -1.97. The molecule has 1 N–H and O–H groups in total. The van der Waals surface area contributed by atoms with E-state index in [1.807, 2.05) is 0 Å². The molecule has 0 heterocycles. The van der Waals surface area contributed by atoms with Crippen molar-refractivity contribution in [2.24, 2.45) is 0 Å². The summed E-state index contributed by atoms with van der Waals surface area (Å²) in [6, 6.07) is 9.07. The molecule has 12 heavy (non-hydrogen) atoms. The van der Waals surface area contributed by atoms with Gasteiger partial charge in [-0.2, -0.15) is 0 Å². The van der Waals surface area contributed by atoms with Crippen molar-refractivity contribution in [2.75, 3.05) is 0 Å². The predicted octanol–water partition coefficient (Wildman–Crippen LogP) is 1.90. The first-order valence-electron chi connectivity index (χ1n) is 3.72. The Morgan fingerprint density at radius 2 is 2.00 bits per heavy atom. The third-order valence-electron chi connectivity index (χ3n) is 1.42. The van der Waals surface area contributed by atoms with Crippen molar-refractivity contribution < 1.29 is 4.39 Å². The van der Waals surface area contributed by atoms with Crippen LogP contribution in [0.15, 0.2) is 24.3 Å². The average molecular weight is 163 g/mol. The Balaban J connectivity index is 2.51. The molecule has 0 spiro atoms. The van der Waals surface area contributed by atoms with Gasteiger partial charge in [0.1, 0.15) is 5.82 Å². The Morgan fingerprint density at radius 1 is 1.33 bits per heavy atom. The van der Waals surface area contributed by atoms with E-state index in [9.17, 15) is 4.39 Å². The normalized spacial score (nSPS) is 8.50. The summed E-state index contributed by atoms with van der Waals surface area (Å²) in [6.07, 6.45) is 0. The van der Waals surface area contributed by atoms with E-state index in [4.69, 9.17) is 0 Å². The molecule has 62 valence electrons. The third-order valence-corrected chi connectivity index (χ3v) is 1.42. The van der Waals surface area contributed by atoms with Gasteiger partial charge in [-0.3, -0.25) is 0 Å². The van der Waals surface area contributed by atoms with Crippen LogP contribution in [0.2, 0.25) is 0 Å². The summed E-state index contributed by atoms with van der Waals surface area (Å²) >= 11 is 0. The molecule has 0 amide bonds. The summed E-state index contributed by atoms with van der Waals surface area (Å²) in [6.45, 7) is 2.42. The van der Waals surface area contributed by atoms with Crippen molar-refractivity contribution in [3.63, 3.8) is 0 Å². The SMILES string of the molecule is CC#CNCc1ccc(F)cc1. The number of hydrogen-bond acceptors (Lipinski definition) is 1. The van der Waals surface area contributed by atoms with Crippen LogP contribution in [0.25, 0.3) is 0 Å². The van der Waals surface area contributed by atoms with Crippen molar-refractivity contribution in [1.29, 1.82) is 0 Å². The minimum absolute atomic E-state index is 0.208. The summed E-state index contributed by atoms with van der Waals surface area (Å²) in [5.41, 5.74) is 1.03. The largest absolute Gasteiger partial charge is 0.341 e. The second-order valence-corrected chi connectivity index (χ2v) is 2.36. The molecule has 1 nitrogen and oxygen atoms in total. The van der Waals surface area contributed by atoms with Crippen molar-refractivity contribution in [2.45, 2.75) is 13.5 Å². The number of hydrogen-bond donors (Lipinski definition) is 1. The molecule has 0 aromatic heterocycles. The number of rotatable bonds is 2. The molecule has 0 aliphatic rings. The molecule has 0 unspecified atom stereocenters. The van der Waals surface area contributed by atoms with Gasteiger partial charge in [0.15, 0.2) is 0 Å². The molecule has 0 fully saturated rings. The molecule has 2 heteroatoms. The minimum Gasteiger partial charge on any atom is -0.341 e. The van der Waals surface area contributed by atoms with E-state index in [0.717, 1.165) is 5.56 Å². The van der Waals surface area contributed by atoms with Crippen LogP contribution in [0, 0.1) is 17.8 Å². The van der Waals surface area contributed by atoms with Crippen LogP contribution in [-0.4, -0.2) is 0 Å². The minimum atomic E-state index is -0.208. The summed E-state index contributed by atoms with van der Waals surface area (Å²) in [7, 11) is 0. The molecule has 0 saturated heterocycles. The quantitative estimate of drug-likeness (QED) is 0.518. The maximum Gasteiger partial charge on any atom is 0.123 e. The maximum absolute atomic E-state index is 12.4. The highest BCUT2D eigenvalue weighted by Crippen LogP contribution is 2.01. The number of nitrogens with one attached hydrogen (secondary N) is 1. The second-order valence-electron chi connectivity index (χ2n) is 2.36. The molecule has 0 atom stereocenters. The van der Waals surface area contributed by atoms with Gasteiger partial charge >= 0.3 is 0 Å². The smallest absolute Gasteiger partial charge is 0.123 e. The van der Waals surface area contributed by atoms with Crippen LogP contribution in [0.5, 0.6) is 0 Å². The second kappa shape index (κ2) is 4.40. The van der Waals surface area contributed by atoms with E-state index in [1.165, 1.54) is 12.1 Å². The third kappa shape index (κ3) is 2.63. The average Bonchev–Trinajstić information content (AvgIpc) is 2.09. The number of halogens is 1. The molecule has 1 aromatic carbocycles. The molecule has 1 aromatic rings. The topological polar surface area (TPSA) is 12.0 Å². The highest BCUT2D eigenvalue weighted by atomic mass is 19.1. The zero-order chi connectivity index (χ0) is 8.81. The van der Waals surface area contributed by atoms with Crippen LogP contribution < -0.4 is 5.32 Å². The molecular weight excluding hydrogens is 153 g/mol. The van der Waals surface area contributed by atoms with Crippen LogP contribution in [0.1, 0.15) is 12.5 Å². The van der Waals surface area contributed by atoms with Crippen molar-refractivity contribution in [3.8, 4) is 12.0 Å². The van der Waals surface area contributed by atoms with Crippen molar-refractivity contribution in [3.05, 3.63) is 35.6 Å². The Morgan fingerprint density at radius 3 is 2.58 bits per heavy atom. The van der Waals surface area contributed by atoms with Gasteiger partial charge in [0.2, 0.25) is 0 Å². The van der Waals surface area contributed by atoms with E-state index < -0.39 is 0 Å². The Labute approximate surface area is 71.6 Å². The molecule has 0 saturated carbocycles. The van der Waals surface area contributed by atoms with Crippen LogP contribution in [0.3, 0.4) is 0 Å². The monoisotopic (exact) mass is 163 g/mol. The fraction of sp³-hybridized carbons (Fsp3) is 0.200. The first-order chi connectivity index (χ1) is 5.83. The fourth-order valence-corrected chi connectivity index (χ4v) is 0.837. The molecule has 0 aliphatic carbocycles. The van der Waals surface area contributed by atoms with Gasteiger partial charge in [0.05, 0.1) is 0 Å². The van der Waals surface area contributed by atoms with Crippen LogP contribution in [-0.2, 0) is 6.54 Å². The van der Waals surface area contributed by atoms with Gasteiger partial charge in [-0.25, -0.2) is 4.39 Å². The fourth-order valence-electron chi connectivity index (χ4n) is 0.837. The van der Waals surface area contributed by atoms with E-state index in [-0.39, 0.29) is 5.82 Å². The first-order valence-corrected chi connectivity index (χ1v) is 3.72. The summed E-state index contributed by atoms with van der Waals surface area (Å²) in [5.74, 6) is 2.51. The lowest BCUT2D eigenvalue weighted by atomic mass is 10.2. The highest BCUT2D eigenvalue weighted by molar-refractivity contribution is 5.16. The summed E-state index contributed by atoms with van der Waals surface area (Å²) in [5, 5.41) is 2.89. The first kappa shape index (κ1) is 8.61. The van der Waals surface area contributed by atoms with E-state index >= 15 is 0 Å². The lowest BCUT2D eigenvalue weighted by Crippen LogP contribution is -2.04. The van der Waals surface area contributed by atoms with Crippen molar-refractivity contribution in [1.82, 2.24) is 5.32 Å². The van der Waals surface area contributed by atoms with Crippen molar-refractivity contribution >= 4 is 0 Å². The zero-order valence-electron chi connectivity index (χ0n) is 6.89. The maximum atomic E-state index is 12.4. The van der Waals surface area contributed by atoms with Gasteiger partial charge < -0.3 is 5.32 Å². The highest BCUT2D eigenvalue weighted by Gasteiger charge is 1.90. The Bertz CT molecular complexity index is 292. The summed E-state index contributed by atoms with van der Waals surface area (Å²) in [4.78, 5) is 0. The number of benzene rings is 1. The van der Waals surface area contributed by atoms with Crippen LogP contribution >= 0.6 is 0 Å². The van der Waals surface area contributed by atoms with E-state index in [0.29, 0.717) is 6.54 Å². The molecule has 1 rings (SSSR count). The van der Waals surface area contributed by atoms with Gasteiger partial charge in [0, 0.05) is 12.6 Å². The van der Waals surface area contributed by atoms with Gasteiger partial charge in [0.25, 0.3) is 0 Å². The van der Waals surface area contributed by atoms with Gasteiger partial charge in [-0.15, -0.1) is 0 Å². The lowest BCUT2D eigenvalue weighted by molar-refractivity contribution is 0.626. The summed E-state index contributed by atoms with van der Waals surface area (Å²) < 4.78 is 12.4. The van der Waals surface area contributed by atoms with E-state index in [2.05, 4.69) is 17.3 Å².